The number of esters is 1. The molecule has 1 atom stereocenters. The second-order valence-electron chi connectivity index (χ2n) is 5.44. The van der Waals surface area contributed by atoms with Gasteiger partial charge in [-0.3, -0.25) is 0 Å². The summed E-state index contributed by atoms with van der Waals surface area (Å²) in [5.74, 6) is 0.496. The Morgan fingerprint density at radius 3 is 2.83 bits per heavy atom. The van der Waals surface area contributed by atoms with E-state index in [1.54, 1.807) is 30.0 Å². The van der Waals surface area contributed by atoms with Crippen LogP contribution in [0.5, 0.6) is 0 Å². The molecule has 1 aliphatic rings. The van der Waals surface area contributed by atoms with Crippen LogP contribution in [0.4, 0.5) is 4.39 Å². The third-order valence-corrected chi connectivity index (χ3v) is 5.06. The fraction of sp³-hybridized carbons (Fsp3) is 0.278. The van der Waals surface area contributed by atoms with E-state index in [0.29, 0.717) is 12.1 Å². The molecule has 1 N–H and O–H groups in total. The number of halogens is 1. The van der Waals surface area contributed by atoms with Crippen molar-refractivity contribution in [1.82, 2.24) is 5.32 Å². The summed E-state index contributed by atoms with van der Waals surface area (Å²) in [6.45, 7) is 0.673. The van der Waals surface area contributed by atoms with Gasteiger partial charge >= 0.3 is 5.97 Å². The summed E-state index contributed by atoms with van der Waals surface area (Å²) in [6, 6.07) is 12.5. The van der Waals surface area contributed by atoms with Crippen LogP contribution in [-0.4, -0.2) is 18.8 Å². The highest BCUT2D eigenvalue weighted by Gasteiger charge is 2.20. The van der Waals surface area contributed by atoms with Crippen molar-refractivity contribution < 1.29 is 13.9 Å². The van der Waals surface area contributed by atoms with E-state index in [0.717, 1.165) is 28.2 Å². The Morgan fingerprint density at radius 1 is 1.30 bits per heavy atom. The molecule has 120 valence electrons. The zero-order valence-electron chi connectivity index (χ0n) is 12.8. The number of methoxy groups -OCH3 is 1. The number of fused-ring (bicyclic) bond motifs is 1. The molecule has 0 amide bonds. The average Bonchev–Trinajstić information content (AvgIpc) is 2.59. The van der Waals surface area contributed by atoms with Crippen LogP contribution >= 0.6 is 11.8 Å². The SMILES string of the molecule is COC(=O)c1ccc(CNC2CCSc3ccc(F)cc32)cc1. The molecule has 0 aliphatic carbocycles. The number of hydrogen-bond donors (Lipinski definition) is 1. The Kier molecular flexibility index (Phi) is 4.98. The van der Waals surface area contributed by atoms with Gasteiger partial charge in [0.1, 0.15) is 5.82 Å². The summed E-state index contributed by atoms with van der Waals surface area (Å²) < 4.78 is 18.2. The molecule has 1 unspecified atom stereocenters. The first-order valence-electron chi connectivity index (χ1n) is 7.50. The summed E-state index contributed by atoms with van der Waals surface area (Å²) >= 11 is 1.77. The monoisotopic (exact) mass is 331 g/mol. The van der Waals surface area contributed by atoms with Gasteiger partial charge in [-0.1, -0.05) is 12.1 Å². The molecule has 0 fully saturated rings. The highest BCUT2D eigenvalue weighted by Crippen LogP contribution is 2.36. The van der Waals surface area contributed by atoms with Gasteiger partial charge in [-0.15, -0.1) is 11.8 Å². The van der Waals surface area contributed by atoms with Crippen molar-refractivity contribution >= 4 is 17.7 Å². The molecule has 0 aromatic heterocycles. The molecule has 0 saturated carbocycles. The zero-order valence-corrected chi connectivity index (χ0v) is 13.7. The topological polar surface area (TPSA) is 38.3 Å². The van der Waals surface area contributed by atoms with E-state index in [1.165, 1.54) is 13.2 Å². The van der Waals surface area contributed by atoms with E-state index >= 15 is 0 Å². The molecule has 1 heterocycles. The Bertz CT molecular complexity index is 703. The minimum absolute atomic E-state index is 0.155. The van der Waals surface area contributed by atoms with E-state index in [1.807, 2.05) is 18.2 Å². The fourth-order valence-corrected chi connectivity index (χ4v) is 3.80. The summed E-state index contributed by atoms with van der Waals surface area (Å²) in [4.78, 5) is 12.6. The van der Waals surface area contributed by atoms with E-state index in [2.05, 4.69) is 10.1 Å². The van der Waals surface area contributed by atoms with Crippen LogP contribution in [0, 0.1) is 5.82 Å². The van der Waals surface area contributed by atoms with E-state index in [9.17, 15) is 9.18 Å². The maximum Gasteiger partial charge on any atom is 0.337 e. The molecule has 0 saturated heterocycles. The van der Waals surface area contributed by atoms with Crippen LogP contribution in [0.15, 0.2) is 47.4 Å². The van der Waals surface area contributed by atoms with Gasteiger partial charge in [0.2, 0.25) is 0 Å². The number of thioether (sulfide) groups is 1. The number of carbonyl (C=O) groups is 1. The van der Waals surface area contributed by atoms with Crippen LogP contribution in [0.25, 0.3) is 0 Å². The summed E-state index contributed by atoms with van der Waals surface area (Å²) in [6.07, 6.45) is 0.974. The van der Waals surface area contributed by atoms with Gasteiger partial charge in [-0.05, 0) is 53.6 Å². The molecule has 3 nitrogen and oxygen atoms in total. The maximum absolute atomic E-state index is 13.5. The summed E-state index contributed by atoms with van der Waals surface area (Å²) in [5.41, 5.74) is 2.65. The normalized spacial score (nSPS) is 16.7. The van der Waals surface area contributed by atoms with Crippen LogP contribution < -0.4 is 5.32 Å². The quantitative estimate of drug-likeness (QED) is 0.861. The Morgan fingerprint density at radius 2 is 2.09 bits per heavy atom. The minimum Gasteiger partial charge on any atom is -0.465 e. The molecular formula is C18H18FNO2S. The molecular weight excluding hydrogens is 313 g/mol. The number of nitrogens with one attached hydrogen (secondary N) is 1. The van der Waals surface area contributed by atoms with Gasteiger partial charge in [0.15, 0.2) is 0 Å². The Labute approximate surface area is 139 Å². The van der Waals surface area contributed by atoms with Crippen molar-refractivity contribution in [3.8, 4) is 0 Å². The minimum atomic E-state index is -0.335. The lowest BCUT2D eigenvalue weighted by Crippen LogP contribution is -2.24. The maximum atomic E-state index is 13.5. The van der Waals surface area contributed by atoms with Crippen LogP contribution in [0.3, 0.4) is 0 Å². The van der Waals surface area contributed by atoms with E-state index < -0.39 is 0 Å². The predicted molar refractivity (Wildman–Crippen MR) is 89.1 cm³/mol. The number of ether oxygens (including phenoxy) is 1. The number of carbonyl (C=O) groups excluding carboxylic acids is 1. The van der Waals surface area contributed by atoms with Crippen molar-refractivity contribution in [2.24, 2.45) is 0 Å². The van der Waals surface area contributed by atoms with E-state index in [-0.39, 0.29) is 17.8 Å². The van der Waals surface area contributed by atoms with Crippen molar-refractivity contribution in [3.05, 3.63) is 65.0 Å². The third-order valence-electron chi connectivity index (χ3n) is 3.94. The smallest absolute Gasteiger partial charge is 0.337 e. The molecule has 2 aromatic rings. The first-order chi connectivity index (χ1) is 11.2. The number of rotatable bonds is 4. The largest absolute Gasteiger partial charge is 0.465 e. The first-order valence-corrected chi connectivity index (χ1v) is 8.49. The highest BCUT2D eigenvalue weighted by atomic mass is 32.2. The lowest BCUT2D eigenvalue weighted by molar-refractivity contribution is 0.0600. The number of benzene rings is 2. The summed E-state index contributed by atoms with van der Waals surface area (Å²) in [5, 5.41) is 3.49. The van der Waals surface area contributed by atoms with Gasteiger partial charge in [0.05, 0.1) is 12.7 Å². The lowest BCUT2D eigenvalue weighted by atomic mass is 10.0. The van der Waals surface area contributed by atoms with Crippen molar-refractivity contribution in [2.45, 2.75) is 23.9 Å². The Hall–Kier alpha value is -1.85. The summed E-state index contributed by atoms with van der Waals surface area (Å²) in [7, 11) is 1.37. The van der Waals surface area contributed by atoms with Crippen LogP contribution in [0.2, 0.25) is 0 Å². The average molecular weight is 331 g/mol. The van der Waals surface area contributed by atoms with Gasteiger partial charge < -0.3 is 10.1 Å². The lowest BCUT2D eigenvalue weighted by Gasteiger charge is -2.26. The van der Waals surface area contributed by atoms with E-state index in [4.69, 9.17) is 0 Å². The highest BCUT2D eigenvalue weighted by molar-refractivity contribution is 7.99. The molecule has 3 rings (SSSR count). The molecule has 5 heteroatoms. The van der Waals surface area contributed by atoms with Crippen molar-refractivity contribution in [3.63, 3.8) is 0 Å². The third kappa shape index (κ3) is 3.74. The van der Waals surface area contributed by atoms with Gasteiger partial charge in [0, 0.05) is 17.5 Å². The standard InChI is InChI=1S/C18H18FNO2S/c1-22-18(21)13-4-2-12(3-5-13)11-20-16-8-9-23-17-7-6-14(19)10-15(16)17/h2-7,10,16,20H,8-9,11H2,1H3. The van der Waals surface area contributed by atoms with Crippen molar-refractivity contribution in [2.75, 3.05) is 12.9 Å². The molecule has 23 heavy (non-hydrogen) atoms. The van der Waals surface area contributed by atoms with Crippen molar-refractivity contribution in [1.29, 1.82) is 0 Å². The second-order valence-corrected chi connectivity index (χ2v) is 6.58. The molecule has 0 bridgehead atoms. The van der Waals surface area contributed by atoms with Gasteiger partial charge in [-0.2, -0.15) is 0 Å². The molecule has 0 radical (unpaired) electrons. The fourth-order valence-electron chi connectivity index (χ4n) is 2.69. The zero-order chi connectivity index (χ0) is 16.2. The van der Waals surface area contributed by atoms with Crippen LogP contribution in [0.1, 0.15) is 33.9 Å². The molecule has 0 spiro atoms. The molecule has 2 aromatic carbocycles. The number of hydrogen-bond acceptors (Lipinski definition) is 4. The van der Waals surface area contributed by atoms with Gasteiger partial charge in [-0.25, -0.2) is 9.18 Å². The predicted octanol–water partition coefficient (Wildman–Crippen LogP) is 3.94. The van der Waals surface area contributed by atoms with Crippen LogP contribution in [-0.2, 0) is 11.3 Å². The first kappa shape index (κ1) is 16.0. The van der Waals surface area contributed by atoms with Gasteiger partial charge in [0.25, 0.3) is 0 Å². The second kappa shape index (κ2) is 7.15. The Balaban J connectivity index is 1.67. The molecule has 1 aliphatic heterocycles.